The van der Waals surface area contributed by atoms with Gasteiger partial charge in [0, 0.05) is 67.0 Å². The van der Waals surface area contributed by atoms with Gasteiger partial charge in [0.2, 0.25) is 0 Å². The number of carbonyl (C=O) groups is 1. The Kier molecular flexibility index (Phi) is 9.43. The number of hydrogen-bond donors (Lipinski definition) is 2. The van der Waals surface area contributed by atoms with E-state index in [0.717, 1.165) is 48.7 Å². The van der Waals surface area contributed by atoms with Crippen LogP contribution in [0.5, 0.6) is 11.5 Å². The summed E-state index contributed by atoms with van der Waals surface area (Å²) in [5.74, 6) is 1.20. The van der Waals surface area contributed by atoms with Gasteiger partial charge in [-0.25, -0.2) is 5.43 Å². The van der Waals surface area contributed by atoms with Crippen molar-refractivity contribution in [1.29, 1.82) is 0 Å². The second-order valence-electron chi connectivity index (χ2n) is 10.8. The van der Waals surface area contributed by atoms with E-state index in [1.807, 2.05) is 33.8 Å². The molecular formula is C33H45N5O3. The lowest BCUT2D eigenvalue weighted by Crippen LogP contribution is -2.58. The molecule has 0 unspecified atom stereocenters. The third-order valence-corrected chi connectivity index (χ3v) is 7.49. The van der Waals surface area contributed by atoms with E-state index in [2.05, 4.69) is 84.7 Å². The van der Waals surface area contributed by atoms with Crippen LogP contribution < -0.4 is 30.1 Å². The Morgan fingerprint density at radius 1 is 0.780 bits per heavy atom. The number of ether oxygens (including phenoxy) is 2. The van der Waals surface area contributed by atoms with E-state index < -0.39 is 5.54 Å². The number of aromatic nitrogens is 1. The van der Waals surface area contributed by atoms with E-state index in [-0.39, 0.29) is 18.1 Å². The molecule has 0 saturated carbocycles. The van der Waals surface area contributed by atoms with E-state index in [1.54, 1.807) is 12.3 Å². The van der Waals surface area contributed by atoms with Crippen LogP contribution in [0.4, 0.5) is 11.4 Å². The van der Waals surface area contributed by atoms with E-state index in [4.69, 9.17) is 14.5 Å². The molecule has 2 aromatic carbocycles. The Labute approximate surface area is 245 Å². The fourth-order valence-electron chi connectivity index (χ4n) is 5.61. The summed E-state index contributed by atoms with van der Waals surface area (Å²) < 4.78 is 13.1. The van der Waals surface area contributed by atoms with Gasteiger partial charge >= 0.3 is 0 Å². The van der Waals surface area contributed by atoms with Crippen molar-refractivity contribution in [2.45, 2.75) is 73.1 Å². The van der Waals surface area contributed by atoms with Crippen LogP contribution >= 0.6 is 0 Å². The van der Waals surface area contributed by atoms with Crippen molar-refractivity contribution in [3.8, 4) is 11.5 Å². The topological polar surface area (TPSA) is 79.0 Å². The fourth-order valence-corrected chi connectivity index (χ4v) is 5.61. The number of benzene rings is 2. The normalized spacial score (nSPS) is 14.0. The lowest BCUT2D eigenvalue weighted by atomic mass is 9.76. The molecule has 220 valence electrons. The van der Waals surface area contributed by atoms with Crippen molar-refractivity contribution in [3.63, 3.8) is 0 Å². The molecule has 1 aliphatic rings. The number of rotatable bonds is 12. The minimum atomic E-state index is -1.09. The van der Waals surface area contributed by atoms with Gasteiger partial charge in [-0.1, -0.05) is 12.1 Å². The average Bonchev–Trinajstić information content (AvgIpc) is 2.95. The third kappa shape index (κ3) is 5.84. The fraction of sp³-hybridized carbons (Fsp3) is 0.455. The van der Waals surface area contributed by atoms with Gasteiger partial charge in [-0.15, -0.1) is 0 Å². The Bertz CT molecular complexity index is 1280. The number of amides is 1. The number of fused-ring (bicyclic) bond motifs is 1. The quantitative estimate of drug-likeness (QED) is 0.287. The van der Waals surface area contributed by atoms with Gasteiger partial charge in [0.1, 0.15) is 17.0 Å². The molecule has 1 amide bonds. The molecule has 0 bridgehead atoms. The number of pyridine rings is 1. The Morgan fingerprint density at radius 3 is 1.71 bits per heavy atom. The molecule has 3 aromatic rings. The monoisotopic (exact) mass is 559 g/mol. The van der Waals surface area contributed by atoms with Gasteiger partial charge in [0.25, 0.3) is 5.91 Å². The van der Waals surface area contributed by atoms with E-state index >= 15 is 0 Å². The highest BCUT2D eigenvalue weighted by atomic mass is 16.5. The number of nitrogens with zero attached hydrogens (tertiary/aromatic N) is 3. The molecule has 0 spiro atoms. The zero-order chi connectivity index (χ0) is 29.7. The van der Waals surface area contributed by atoms with E-state index in [9.17, 15) is 4.79 Å². The molecule has 0 atom stereocenters. The Balaban J connectivity index is 2.10. The first kappa shape index (κ1) is 30.2. The summed E-state index contributed by atoms with van der Waals surface area (Å²) in [6.45, 7) is 20.2. The first-order chi connectivity index (χ1) is 19.7. The molecule has 0 aliphatic carbocycles. The minimum absolute atomic E-state index is 0.0736. The Hall–Kier alpha value is -3.78. The molecule has 2 heterocycles. The molecular weight excluding hydrogens is 514 g/mol. The van der Waals surface area contributed by atoms with Gasteiger partial charge in [-0.2, -0.15) is 0 Å². The predicted molar refractivity (Wildman–Crippen MR) is 166 cm³/mol. The number of hydrogen-bond acceptors (Lipinski definition) is 7. The van der Waals surface area contributed by atoms with Gasteiger partial charge in [-0.3, -0.25) is 15.2 Å². The second kappa shape index (κ2) is 12.8. The molecule has 2 N–H and O–H groups in total. The molecule has 0 saturated heterocycles. The maximum absolute atomic E-state index is 13.1. The first-order valence-electron chi connectivity index (χ1n) is 14.8. The van der Waals surface area contributed by atoms with Gasteiger partial charge in [-0.05, 0) is 79.7 Å². The van der Waals surface area contributed by atoms with Crippen LogP contribution in [-0.4, -0.2) is 49.3 Å². The van der Waals surface area contributed by atoms with Crippen LogP contribution in [0, 0.1) is 0 Å². The molecule has 0 fully saturated rings. The van der Waals surface area contributed by atoms with Crippen molar-refractivity contribution in [2.24, 2.45) is 0 Å². The highest BCUT2D eigenvalue weighted by molar-refractivity contribution is 5.97. The summed E-state index contributed by atoms with van der Waals surface area (Å²) in [6.07, 6.45) is 1.58. The van der Waals surface area contributed by atoms with Crippen LogP contribution in [0.3, 0.4) is 0 Å². The summed E-state index contributed by atoms with van der Waals surface area (Å²) in [5.41, 5.74) is 10.2. The standard InChI is InChI=1S/C33H45N5O3/c1-9-37(10-2)24-15-17-27(29(20-24)40-22(5)6)33(31-26(14-13-19-34-31)32(39)35-36-33)28-18-16-25(38(11-3)12-4)21-30(28)41-23(7)8/h13-23,36H,9-12H2,1-8H3,(H,35,39). The van der Waals surface area contributed by atoms with Crippen molar-refractivity contribution in [3.05, 3.63) is 77.1 Å². The van der Waals surface area contributed by atoms with E-state index in [1.165, 1.54) is 0 Å². The summed E-state index contributed by atoms with van der Waals surface area (Å²) in [7, 11) is 0. The van der Waals surface area contributed by atoms with Crippen LogP contribution in [0.1, 0.15) is 82.6 Å². The van der Waals surface area contributed by atoms with Crippen LogP contribution in [0.25, 0.3) is 0 Å². The number of anilines is 2. The smallest absolute Gasteiger partial charge is 0.267 e. The highest BCUT2D eigenvalue weighted by Gasteiger charge is 2.48. The van der Waals surface area contributed by atoms with Crippen molar-refractivity contribution >= 4 is 17.3 Å². The largest absolute Gasteiger partial charge is 0.491 e. The molecule has 4 rings (SSSR count). The summed E-state index contributed by atoms with van der Waals surface area (Å²) in [4.78, 5) is 22.5. The van der Waals surface area contributed by atoms with Gasteiger partial charge < -0.3 is 19.3 Å². The summed E-state index contributed by atoms with van der Waals surface area (Å²) in [5, 5.41) is 0. The average molecular weight is 560 g/mol. The number of hydrazine groups is 1. The molecule has 1 aromatic heterocycles. The zero-order valence-electron chi connectivity index (χ0n) is 25.7. The molecule has 1 aliphatic heterocycles. The van der Waals surface area contributed by atoms with Gasteiger partial charge in [0.15, 0.2) is 0 Å². The molecule has 0 radical (unpaired) electrons. The minimum Gasteiger partial charge on any atom is -0.491 e. The third-order valence-electron chi connectivity index (χ3n) is 7.49. The first-order valence-corrected chi connectivity index (χ1v) is 14.8. The van der Waals surface area contributed by atoms with Crippen molar-refractivity contribution < 1.29 is 14.3 Å². The Morgan fingerprint density at radius 2 is 1.27 bits per heavy atom. The second-order valence-corrected chi connectivity index (χ2v) is 10.8. The van der Waals surface area contributed by atoms with Gasteiger partial charge in [0.05, 0.1) is 23.5 Å². The van der Waals surface area contributed by atoms with Crippen LogP contribution in [0.2, 0.25) is 0 Å². The molecule has 8 heteroatoms. The zero-order valence-corrected chi connectivity index (χ0v) is 25.7. The highest BCUT2D eigenvalue weighted by Crippen LogP contribution is 2.48. The molecule has 8 nitrogen and oxygen atoms in total. The summed E-state index contributed by atoms with van der Waals surface area (Å²) in [6, 6.07) is 16.2. The number of carbonyl (C=O) groups excluding carboxylic acids is 1. The maximum Gasteiger partial charge on any atom is 0.267 e. The van der Waals surface area contributed by atoms with Crippen molar-refractivity contribution in [1.82, 2.24) is 15.8 Å². The maximum atomic E-state index is 13.1. The van der Waals surface area contributed by atoms with Crippen LogP contribution in [-0.2, 0) is 5.54 Å². The molecule has 41 heavy (non-hydrogen) atoms. The van der Waals surface area contributed by atoms with Crippen molar-refractivity contribution in [2.75, 3.05) is 36.0 Å². The lowest BCUT2D eigenvalue weighted by molar-refractivity contribution is 0.0891. The lowest BCUT2D eigenvalue weighted by Gasteiger charge is -2.41. The van der Waals surface area contributed by atoms with Crippen LogP contribution in [0.15, 0.2) is 54.7 Å². The van der Waals surface area contributed by atoms with E-state index in [0.29, 0.717) is 22.8 Å². The SMILES string of the molecule is CCN(CC)c1ccc(C2(c3ccc(N(CC)CC)cc3OC(C)C)NNC(=O)c3cccnc32)c(OC(C)C)c1. The number of nitrogens with one attached hydrogen (secondary N) is 2. The predicted octanol–water partition coefficient (Wildman–Crippen LogP) is 5.89. The summed E-state index contributed by atoms with van der Waals surface area (Å²) >= 11 is 0.